The van der Waals surface area contributed by atoms with Crippen molar-refractivity contribution in [3.63, 3.8) is 0 Å². The summed E-state index contributed by atoms with van der Waals surface area (Å²) in [6, 6.07) is 0. The molecule has 0 bridgehead atoms. The summed E-state index contributed by atoms with van der Waals surface area (Å²) < 4.78 is 12.3. The van der Waals surface area contributed by atoms with Crippen molar-refractivity contribution >= 4 is 0 Å². The normalized spacial score (nSPS) is 13.4. The van der Waals surface area contributed by atoms with Crippen LogP contribution < -0.4 is 0 Å². The summed E-state index contributed by atoms with van der Waals surface area (Å²) in [4.78, 5) is 0. The van der Waals surface area contributed by atoms with Crippen LogP contribution in [0.2, 0.25) is 0 Å². The Balaban J connectivity index is 3.24. The van der Waals surface area contributed by atoms with Crippen LogP contribution in [0.3, 0.4) is 0 Å². The third-order valence-corrected chi connectivity index (χ3v) is 1.01. The molecule has 0 saturated carbocycles. The number of rotatable bonds is 3. The average Bonchev–Trinajstić information content (AvgIpc) is 1.65. The van der Waals surface area contributed by atoms with Crippen molar-refractivity contribution in [3.8, 4) is 0 Å². The van der Waals surface area contributed by atoms with Gasteiger partial charge in [-0.1, -0.05) is 12.5 Å². The van der Waals surface area contributed by atoms with E-state index in [0.717, 1.165) is 5.57 Å². The minimum atomic E-state index is -0.674. The molecule has 0 nitrogen and oxygen atoms in total. The molecule has 0 rings (SSSR count). The van der Waals surface area contributed by atoms with E-state index in [1.165, 1.54) is 0 Å². The maximum atomic E-state index is 12.3. The van der Waals surface area contributed by atoms with Crippen molar-refractivity contribution in [2.45, 2.75) is 32.9 Å². The molecular formula is C7H13F. The molecule has 0 saturated heterocycles. The topological polar surface area (TPSA) is 0 Å². The van der Waals surface area contributed by atoms with Crippen LogP contribution in [0.5, 0.6) is 0 Å². The van der Waals surface area contributed by atoms with Gasteiger partial charge in [0.25, 0.3) is 0 Å². The molecule has 0 radical (unpaired) electrons. The molecular weight excluding hydrogens is 103 g/mol. The molecule has 1 unspecified atom stereocenters. The number of alkyl halides is 1. The van der Waals surface area contributed by atoms with Gasteiger partial charge in [0.2, 0.25) is 0 Å². The van der Waals surface area contributed by atoms with Gasteiger partial charge in [-0.3, -0.25) is 0 Å². The van der Waals surface area contributed by atoms with Gasteiger partial charge in [0, 0.05) is 0 Å². The average molecular weight is 116 g/mol. The zero-order chi connectivity index (χ0) is 6.57. The summed E-state index contributed by atoms with van der Waals surface area (Å²) in [6.07, 6.45) is 0.455. The highest BCUT2D eigenvalue weighted by atomic mass is 19.1. The number of hydrogen-bond acceptors (Lipinski definition) is 0. The Kier molecular flexibility index (Phi) is 3.49. The maximum absolute atomic E-state index is 12.3. The largest absolute Gasteiger partial charge is 0.247 e. The molecule has 0 aliphatic heterocycles. The minimum absolute atomic E-state index is 0.524. The Morgan fingerprint density at radius 3 is 2.38 bits per heavy atom. The van der Waals surface area contributed by atoms with E-state index >= 15 is 0 Å². The number of halogens is 1. The first-order valence-corrected chi connectivity index (χ1v) is 2.95. The first-order chi connectivity index (χ1) is 3.66. The molecule has 0 aromatic heterocycles. The predicted octanol–water partition coefficient (Wildman–Crippen LogP) is 2.70. The van der Waals surface area contributed by atoms with Gasteiger partial charge < -0.3 is 0 Å². The van der Waals surface area contributed by atoms with Gasteiger partial charge in [-0.15, -0.1) is 6.58 Å². The second kappa shape index (κ2) is 3.65. The van der Waals surface area contributed by atoms with E-state index < -0.39 is 6.17 Å². The molecule has 0 fully saturated rings. The Hall–Kier alpha value is -0.330. The van der Waals surface area contributed by atoms with Crippen molar-refractivity contribution in [2.24, 2.45) is 0 Å². The van der Waals surface area contributed by atoms with E-state index in [4.69, 9.17) is 0 Å². The predicted molar refractivity (Wildman–Crippen MR) is 34.6 cm³/mol. The van der Waals surface area contributed by atoms with Crippen molar-refractivity contribution in [1.29, 1.82) is 0 Å². The zero-order valence-corrected chi connectivity index (χ0v) is 5.58. The van der Waals surface area contributed by atoms with Crippen LogP contribution in [0, 0.1) is 0 Å². The van der Waals surface area contributed by atoms with Gasteiger partial charge in [-0.2, -0.15) is 0 Å². The molecule has 8 heavy (non-hydrogen) atoms. The Morgan fingerprint density at radius 2 is 2.25 bits per heavy atom. The monoisotopic (exact) mass is 116 g/mol. The summed E-state index contributed by atoms with van der Waals surface area (Å²) in [5, 5.41) is 0. The molecule has 0 amide bonds. The fourth-order valence-corrected chi connectivity index (χ4v) is 0.522. The first-order valence-electron chi connectivity index (χ1n) is 2.95. The van der Waals surface area contributed by atoms with E-state index in [-0.39, 0.29) is 0 Å². The van der Waals surface area contributed by atoms with Crippen LogP contribution >= 0.6 is 0 Å². The molecule has 0 aromatic carbocycles. The lowest BCUT2D eigenvalue weighted by Crippen LogP contribution is -1.96. The molecule has 1 heteroatoms. The van der Waals surface area contributed by atoms with Gasteiger partial charge in [-0.25, -0.2) is 4.39 Å². The van der Waals surface area contributed by atoms with Crippen LogP contribution in [-0.2, 0) is 0 Å². The summed E-state index contributed by atoms with van der Waals surface area (Å²) >= 11 is 0. The van der Waals surface area contributed by atoms with Gasteiger partial charge in [-0.05, 0) is 19.8 Å². The third kappa shape index (κ3) is 3.85. The van der Waals surface area contributed by atoms with Gasteiger partial charge in [0.15, 0.2) is 0 Å². The minimum Gasteiger partial charge on any atom is -0.247 e. The molecule has 48 valence electrons. The summed E-state index contributed by atoms with van der Waals surface area (Å²) in [7, 11) is 0. The number of hydrogen-bond donors (Lipinski definition) is 0. The number of allylic oxidation sites excluding steroid dienone is 1. The lowest BCUT2D eigenvalue weighted by atomic mass is 10.1. The van der Waals surface area contributed by atoms with Crippen molar-refractivity contribution < 1.29 is 4.39 Å². The lowest BCUT2D eigenvalue weighted by Gasteiger charge is -2.01. The lowest BCUT2D eigenvalue weighted by molar-refractivity contribution is 0.322. The van der Waals surface area contributed by atoms with Crippen LogP contribution in [-0.4, -0.2) is 6.17 Å². The van der Waals surface area contributed by atoms with Crippen LogP contribution in [0.1, 0.15) is 26.7 Å². The van der Waals surface area contributed by atoms with E-state index in [0.29, 0.717) is 12.8 Å². The summed E-state index contributed by atoms with van der Waals surface area (Å²) in [5.41, 5.74) is 0.930. The summed E-state index contributed by atoms with van der Waals surface area (Å²) in [6.45, 7) is 7.29. The Morgan fingerprint density at radius 1 is 1.75 bits per heavy atom. The highest BCUT2D eigenvalue weighted by Gasteiger charge is 2.00. The molecule has 1 atom stereocenters. The van der Waals surface area contributed by atoms with E-state index in [2.05, 4.69) is 6.58 Å². The van der Waals surface area contributed by atoms with Gasteiger partial charge in [0.05, 0.1) is 0 Å². The van der Waals surface area contributed by atoms with Gasteiger partial charge >= 0.3 is 0 Å². The zero-order valence-electron chi connectivity index (χ0n) is 5.58. The van der Waals surface area contributed by atoms with E-state index in [9.17, 15) is 4.39 Å². The third-order valence-electron chi connectivity index (χ3n) is 1.01. The van der Waals surface area contributed by atoms with Crippen molar-refractivity contribution in [1.82, 2.24) is 0 Å². The fraction of sp³-hybridized carbons (Fsp3) is 0.714. The molecule has 0 heterocycles. The molecule has 0 spiro atoms. The first kappa shape index (κ1) is 7.67. The van der Waals surface area contributed by atoms with E-state index in [1.807, 2.05) is 13.8 Å². The fourth-order valence-electron chi connectivity index (χ4n) is 0.522. The standard InChI is InChI=1S/C7H13F/c1-4-7(8)5-6(2)3/h7H,2,4-5H2,1,3H3. The highest BCUT2D eigenvalue weighted by molar-refractivity contribution is 4.90. The molecule has 0 N–H and O–H groups in total. The smallest absolute Gasteiger partial charge is 0.104 e. The van der Waals surface area contributed by atoms with Crippen LogP contribution in [0.25, 0.3) is 0 Å². The SMILES string of the molecule is C=C(C)CC(F)CC. The molecule has 0 aliphatic carbocycles. The highest BCUT2D eigenvalue weighted by Crippen LogP contribution is 2.07. The second-order valence-corrected chi connectivity index (χ2v) is 2.17. The van der Waals surface area contributed by atoms with Crippen molar-refractivity contribution in [2.75, 3.05) is 0 Å². The van der Waals surface area contributed by atoms with Crippen molar-refractivity contribution in [3.05, 3.63) is 12.2 Å². The quantitative estimate of drug-likeness (QED) is 0.497. The van der Waals surface area contributed by atoms with Gasteiger partial charge in [0.1, 0.15) is 6.17 Å². The molecule has 0 aromatic rings. The van der Waals surface area contributed by atoms with Crippen LogP contribution in [0.4, 0.5) is 4.39 Å². The Bertz CT molecular complexity index is 76.5. The van der Waals surface area contributed by atoms with E-state index in [1.54, 1.807) is 0 Å². The maximum Gasteiger partial charge on any atom is 0.104 e. The molecule has 0 aliphatic rings. The second-order valence-electron chi connectivity index (χ2n) is 2.17. The van der Waals surface area contributed by atoms with Crippen LogP contribution in [0.15, 0.2) is 12.2 Å². The Labute approximate surface area is 50.4 Å². The summed E-state index contributed by atoms with van der Waals surface area (Å²) in [5.74, 6) is 0.